The summed E-state index contributed by atoms with van der Waals surface area (Å²) < 4.78 is 5.62. The average molecular weight is 306 g/mol. The maximum atomic E-state index is 12.8. The van der Waals surface area contributed by atoms with E-state index in [2.05, 4.69) is 5.32 Å². The van der Waals surface area contributed by atoms with Gasteiger partial charge in [-0.1, -0.05) is 30.2 Å². The van der Waals surface area contributed by atoms with Crippen LogP contribution in [-0.2, 0) is 14.9 Å². The Morgan fingerprint density at radius 2 is 2.05 bits per heavy atom. The molecular formula is C17H20ClNO2. The summed E-state index contributed by atoms with van der Waals surface area (Å²) in [5.41, 5.74) is 0.781. The second kappa shape index (κ2) is 4.99. The summed E-state index contributed by atoms with van der Waals surface area (Å²) in [4.78, 5) is 12.8. The van der Waals surface area contributed by atoms with Crippen LogP contribution < -0.4 is 5.32 Å². The number of halogens is 1. The Kier molecular flexibility index (Phi) is 3.23. The summed E-state index contributed by atoms with van der Waals surface area (Å²) in [6.45, 7) is 0.851. The molecule has 4 heteroatoms. The summed E-state index contributed by atoms with van der Waals surface area (Å²) in [7, 11) is 0. The van der Waals surface area contributed by atoms with E-state index in [1.165, 1.54) is 0 Å². The summed E-state index contributed by atoms with van der Waals surface area (Å²) in [5, 5.41) is 4.01. The molecule has 112 valence electrons. The maximum Gasteiger partial charge on any atom is 0.230 e. The van der Waals surface area contributed by atoms with E-state index in [1.54, 1.807) is 0 Å². The van der Waals surface area contributed by atoms with Crippen molar-refractivity contribution in [3.8, 4) is 0 Å². The van der Waals surface area contributed by atoms with Gasteiger partial charge in [-0.2, -0.15) is 0 Å². The lowest BCUT2D eigenvalue weighted by Gasteiger charge is -2.45. The summed E-state index contributed by atoms with van der Waals surface area (Å²) >= 11 is 5.96. The first kappa shape index (κ1) is 13.6. The predicted octanol–water partition coefficient (Wildman–Crippen LogP) is 3.06. The Morgan fingerprint density at radius 1 is 1.29 bits per heavy atom. The van der Waals surface area contributed by atoms with E-state index in [4.69, 9.17) is 16.3 Å². The Morgan fingerprint density at radius 3 is 2.67 bits per heavy atom. The van der Waals surface area contributed by atoms with Crippen molar-refractivity contribution < 1.29 is 9.53 Å². The molecule has 3 fully saturated rings. The van der Waals surface area contributed by atoms with Gasteiger partial charge in [0.15, 0.2) is 0 Å². The number of fused-ring (bicyclic) bond motifs is 1. The fourth-order valence-corrected chi connectivity index (χ4v) is 4.14. The molecular weight excluding hydrogens is 286 g/mol. The van der Waals surface area contributed by atoms with Crippen LogP contribution in [0.1, 0.15) is 37.7 Å². The highest BCUT2D eigenvalue weighted by Crippen LogP contribution is 2.45. The van der Waals surface area contributed by atoms with Crippen molar-refractivity contribution in [2.45, 2.75) is 49.7 Å². The van der Waals surface area contributed by atoms with Crippen molar-refractivity contribution in [2.75, 3.05) is 6.61 Å². The number of rotatable bonds is 3. The minimum absolute atomic E-state index is 0.200. The van der Waals surface area contributed by atoms with E-state index >= 15 is 0 Å². The Balaban J connectivity index is 1.50. The van der Waals surface area contributed by atoms with Crippen molar-refractivity contribution in [1.29, 1.82) is 0 Å². The van der Waals surface area contributed by atoms with Crippen molar-refractivity contribution in [3.63, 3.8) is 0 Å². The Bertz CT molecular complexity index is 552. The normalized spacial score (nSPS) is 32.7. The maximum absolute atomic E-state index is 12.8. The van der Waals surface area contributed by atoms with Gasteiger partial charge in [0.25, 0.3) is 0 Å². The molecule has 1 aromatic rings. The molecule has 3 atom stereocenters. The van der Waals surface area contributed by atoms with Crippen LogP contribution >= 0.6 is 11.6 Å². The predicted molar refractivity (Wildman–Crippen MR) is 81.4 cm³/mol. The molecule has 2 aliphatic carbocycles. The zero-order chi connectivity index (χ0) is 14.4. The number of amides is 1. The molecule has 1 amide bonds. The SMILES string of the molecule is O=C(N[C@@H]1C[C@@H]2OCC[C@@H]21)C1(c2ccc(Cl)cc2)CCC1. The van der Waals surface area contributed by atoms with Crippen molar-refractivity contribution >= 4 is 17.5 Å². The van der Waals surface area contributed by atoms with E-state index in [9.17, 15) is 4.79 Å². The van der Waals surface area contributed by atoms with Crippen molar-refractivity contribution in [3.05, 3.63) is 34.9 Å². The molecule has 1 heterocycles. The lowest BCUT2D eigenvalue weighted by atomic mass is 9.63. The molecule has 2 saturated carbocycles. The van der Waals surface area contributed by atoms with Gasteiger partial charge in [0.1, 0.15) is 0 Å². The standard InChI is InChI=1S/C17H20ClNO2/c18-12-4-2-11(3-5-12)17(7-1-8-17)16(20)19-14-10-15-13(14)6-9-21-15/h2-5,13-15H,1,6-10H2,(H,19,20)/t13-,14-,15+/m1/s1. The van der Waals surface area contributed by atoms with Gasteiger partial charge < -0.3 is 10.1 Å². The quantitative estimate of drug-likeness (QED) is 0.932. The topological polar surface area (TPSA) is 38.3 Å². The molecule has 1 N–H and O–H groups in total. The fraction of sp³-hybridized carbons (Fsp3) is 0.588. The third kappa shape index (κ3) is 2.09. The monoisotopic (exact) mass is 305 g/mol. The van der Waals surface area contributed by atoms with Crippen molar-refractivity contribution in [1.82, 2.24) is 5.32 Å². The molecule has 1 aliphatic heterocycles. The number of hydrogen-bond donors (Lipinski definition) is 1. The van der Waals surface area contributed by atoms with E-state index in [-0.39, 0.29) is 11.3 Å². The van der Waals surface area contributed by atoms with E-state index in [0.717, 1.165) is 49.3 Å². The zero-order valence-corrected chi connectivity index (χ0v) is 12.7. The first-order valence-corrected chi connectivity index (χ1v) is 8.25. The van der Waals surface area contributed by atoms with Crippen LogP contribution in [0.2, 0.25) is 5.02 Å². The fourth-order valence-electron chi connectivity index (χ4n) is 4.02. The number of ether oxygens (including phenoxy) is 1. The average Bonchev–Trinajstić information content (AvgIpc) is 2.78. The van der Waals surface area contributed by atoms with Gasteiger partial charge in [0.2, 0.25) is 5.91 Å². The Labute approximate surface area is 130 Å². The lowest BCUT2D eigenvalue weighted by Crippen LogP contribution is -2.59. The molecule has 0 bridgehead atoms. The lowest BCUT2D eigenvalue weighted by molar-refractivity contribution is -0.133. The molecule has 0 spiro atoms. The zero-order valence-electron chi connectivity index (χ0n) is 12.0. The molecule has 1 aromatic carbocycles. The van der Waals surface area contributed by atoms with Crippen LogP contribution in [0.3, 0.4) is 0 Å². The molecule has 1 saturated heterocycles. The first-order chi connectivity index (χ1) is 10.2. The number of nitrogens with one attached hydrogen (secondary N) is 1. The second-order valence-electron chi connectivity index (χ2n) is 6.62. The van der Waals surface area contributed by atoms with Crippen LogP contribution in [0.15, 0.2) is 24.3 Å². The van der Waals surface area contributed by atoms with Crippen molar-refractivity contribution in [2.24, 2.45) is 5.92 Å². The largest absolute Gasteiger partial charge is 0.378 e. The van der Waals surface area contributed by atoms with Crippen LogP contribution in [-0.4, -0.2) is 24.7 Å². The molecule has 3 nitrogen and oxygen atoms in total. The first-order valence-electron chi connectivity index (χ1n) is 7.88. The van der Waals surface area contributed by atoms with Gasteiger partial charge in [0.05, 0.1) is 11.5 Å². The number of carbonyl (C=O) groups excluding carboxylic acids is 1. The van der Waals surface area contributed by atoms with Crippen LogP contribution in [0.5, 0.6) is 0 Å². The van der Waals surface area contributed by atoms with Gasteiger partial charge in [-0.05, 0) is 43.4 Å². The van der Waals surface area contributed by atoms with Crippen LogP contribution in [0.25, 0.3) is 0 Å². The van der Waals surface area contributed by atoms with E-state index in [0.29, 0.717) is 18.1 Å². The van der Waals surface area contributed by atoms with Gasteiger partial charge >= 0.3 is 0 Å². The second-order valence-corrected chi connectivity index (χ2v) is 7.06. The highest BCUT2D eigenvalue weighted by atomic mass is 35.5. The summed E-state index contributed by atoms with van der Waals surface area (Å²) in [6.07, 6.45) is 5.46. The van der Waals surface area contributed by atoms with Gasteiger partial charge in [-0.25, -0.2) is 0 Å². The summed E-state index contributed by atoms with van der Waals surface area (Å²) in [6, 6.07) is 8.09. The highest BCUT2D eigenvalue weighted by molar-refractivity contribution is 6.30. The van der Waals surface area contributed by atoms with Gasteiger partial charge in [0, 0.05) is 23.6 Å². The van der Waals surface area contributed by atoms with E-state index < -0.39 is 0 Å². The molecule has 0 radical (unpaired) electrons. The highest BCUT2D eigenvalue weighted by Gasteiger charge is 2.50. The molecule has 0 aromatic heterocycles. The minimum Gasteiger partial charge on any atom is -0.378 e. The third-order valence-corrected chi connectivity index (χ3v) is 5.87. The number of benzene rings is 1. The third-order valence-electron chi connectivity index (χ3n) is 5.62. The van der Waals surface area contributed by atoms with Gasteiger partial charge in [-0.3, -0.25) is 4.79 Å². The van der Waals surface area contributed by atoms with E-state index in [1.807, 2.05) is 24.3 Å². The molecule has 4 rings (SSSR count). The Hall–Kier alpha value is -1.06. The van der Waals surface area contributed by atoms with Crippen LogP contribution in [0, 0.1) is 5.92 Å². The summed E-state index contributed by atoms with van der Waals surface area (Å²) in [5.74, 6) is 0.739. The smallest absolute Gasteiger partial charge is 0.230 e. The van der Waals surface area contributed by atoms with Crippen LogP contribution in [0.4, 0.5) is 0 Å². The molecule has 3 aliphatic rings. The minimum atomic E-state index is -0.324. The molecule has 0 unspecified atom stereocenters. The van der Waals surface area contributed by atoms with Gasteiger partial charge in [-0.15, -0.1) is 0 Å². The number of carbonyl (C=O) groups is 1. The number of hydrogen-bond acceptors (Lipinski definition) is 2. The molecule has 21 heavy (non-hydrogen) atoms.